The van der Waals surface area contributed by atoms with Crippen LogP contribution in [0.3, 0.4) is 0 Å². The van der Waals surface area contributed by atoms with Crippen LogP contribution in [-0.2, 0) is 5.60 Å². The summed E-state index contributed by atoms with van der Waals surface area (Å²) in [7, 11) is 0. The van der Waals surface area contributed by atoms with E-state index in [1.165, 1.54) is 19.3 Å². The number of hydrogen-bond acceptors (Lipinski definition) is 6. The van der Waals surface area contributed by atoms with Crippen LogP contribution in [0.4, 0.5) is 11.6 Å². The molecule has 1 aromatic carbocycles. The lowest BCUT2D eigenvalue weighted by Crippen LogP contribution is -2.33. The number of benzene rings is 1. The first kappa shape index (κ1) is 16.9. The third-order valence-electron chi connectivity index (χ3n) is 5.66. The molecule has 2 aliphatic rings. The number of thiazole rings is 1. The lowest BCUT2D eigenvalue weighted by atomic mass is 9.81. The van der Waals surface area contributed by atoms with Crippen molar-refractivity contribution in [3.63, 3.8) is 0 Å². The predicted octanol–water partition coefficient (Wildman–Crippen LogP) is 4.55. The van der Waals surface area contributed by atoms with Gasteiger partial charge in [-0.1, -0.05) is 6.07 Å². The monoisotopic (exact) mass is 381 g/mol. The number of aliphatic hydroxyl groups is 1. The maximum atomic E-state index is 10.5. The predicted molar refractivity (Wildman–Crippen MR) is 106 cm³/mol. The molecule has 27 heavy (non-hydrogen) atoms. The van der Waals surface area contributed by atoms with Crippen molar-refractivity contribution in [2.45, 2.75) is 57.1 Å². The summed E-state index contributed by atoms with van der Waals surface area (Å²) in [4.78, 5) is 9.96. The van der Waals surface area contributed by atoms with Gasteiger partial charge in [-0.2, -0.15) is 0 Å². The van der Waals surface area contributed by atoms with E-state index < -0.39 is 5.60 Å². The van der Waals surface area contributed by atoms with E-state index in [-0.39, 0.29) is 0 Å². The summed E-state index contributed by atoms with van der Waals surface area (Å²) < 4.78 is 1.97. The van der Waals surface area contributed by atoms with Crippen molar-refractivity contribution >= 4 is 23.0 Å². The number of aromatic nitrogens is 4. The Morgan fingerprint density at radius 3 is 2.74 bits per heavy atom. The fourth-order valence-corrected chi connectivity index (χ4v) is 4.68. The molecule has 5 rings (SSSR count). The lowest BCUT2D eigenvalue weighted by molar-refractivity contribution is -0.0389. The van der Waals surface area contributed by atoms with E-state index in [1.54, 1.807) is 11.3 Å². The van der Waals surface area contributed by atoms with Gasteiger partial charge < -0.3 is 10.4 Å². The molecule has 3 aromatic rings. The first-order chi connectivity index (χ1) is 13.1. The highest BCUT2D eigenvalue weighted by Gasteiger charge is 2.39. The quantitative estimate of drug-likeness (QED) is 0.678. The Kier molecular flexibility index (Phi) is 4.02. The Morgan fingerprint density at radius 2 is 2.04 bits per heavy atom. The third kappa shape index (κ3) is 3.15. The van der Waals surface area contributed by atoms with Crippen molar-refractivity contribution in [1.29, 1.82) is 0 Å². The van der Waals surface area contributed by atoms with Crippen LogP contribution in [0.1, 0.15) is 55.1 Å². The largest absolute Gasteiger partial charge is 0.383 e. The van der Waals surface area contributed by atoms with Crippen molar-refractivity contribution in [1.82, 2.24) is 19.7 Å². The van der Waals surface area contributed by atoms with E-state index in [0.29, 0.717) is 12.0 Å². The van der Waals surface area contributed by atoms with Crippen LogP contribution in [0.25, 0.3) is 10.4 Å². The van der Waals surface area contributed by atoms with Crippen LogP contribution in [0.5, 0.6) is 0 Å². The molecule has 0 unspecified atom stereocenters. The van der Waals surface area contributed by atoms with Crippen LogP contribution in [0.2, 0.25) is 0 Å². The normalized spacial score (nSPS) is 18.7. The maximum absolute atomic E-state index is 10.5. The molecule has 0 atom stereocenters. The van der Waals surface area contributed by atoms with E-state index >= 15 is 0 Å². The second-order valence-electron chi connectivity index (χ2n) is 7.76. The summed E-state index contributed by atoms with van der Waals surface area (Å²) in [5.74, 6) is 0.632. The fourth-order valence-electron chi connectivity index (χ4n) is 3.63. The summed E-state index contributed by atoms with van der Waals surface area (Å²) >= 11 is 1.59. The summed E-state index contributed by atoms with van der Waals surface area (Å²) in [6, 6.07) is 6.84. The molecule has 2 saturated carbocycles. The topological polar surface area (TPSA) is 75.9 Å². The number of aryl methyl sites for hydroxylation is 1. The van der Waals surface area contributed by atoms with Crippen LogP contribution in [0.15, 0.2) is 30.7 Å². The number of anilines is 2. The molecular formula is C20H23N5OS. The number of rotatable bonds is 5. The van der Waals surface area contributed by atoms with Crippen molar-refractivity contribution < 1.29 is 5.11 Å². The smallest absolute Gasteiger partial charge is 0.246 e. The SMILES string of the molecule is Cc1cc(Nc2ncn(C3CCC3)n2)cc(-c2cnc(C3(O)CCC3)s2)c1. The van der Waals surface area contributed by atoms with Gasteiger partial charge in [0.2, 0.25) is 5.95 Å². The molecule has 0 saturated heterocycles. The van der Waals surface area contributed by atoms with E-state index in [9.17, 15) is 5.11 Å². The van der Waals surface area contributed by atoms with Crippen LogP contribution in [0, 0.1) is 6.92 Å². The molecule has 7 heteroatoms. The highest BCUT2D eigenvalue weighted by molar-refractivity contribution is 7.15. The van der Waals surface area contributed by atoms with Gasteiger partial charge in [-0.05, 0) is 68.7 Å². The van der Waals surface area contributed by atoms with Crippen LogP contribution < -0.4 is 5.32 Å². The summed E-state index contributed by atoms with van der Waals surface area (Å²) in [5, 5.41) is 19.3. The van der Waals surface area contributed by atoms with E-state index in [1.807, 2.05) is 17.2 Å². The first-order valence-corrected chi connectivity index (χ1v) is 10.4. The second kappa shape index (κ2) is 6.42. The van der Waals surface area contributed by atoms with Gasteiger partial charge in [-0.15, -0.1) is 16.4 Å². The molecular weight excluding hydrogens is 358 g/mol. The molecule has 140 valence electrons. The van der Waals surface area contributed by atoms with E-state index in [2.05, 4.69) is 45.5 Å². The molecule has 0 aliphatic heterocycles. The van der Waals surface area contributed by atoms with Gasteiger partial charge in [0.1, 0.15) is 16.9 Å². The lowest BCUT2D eigenvalue weighted by Gasteiger charge is -2.34. The molecule has 2 aromatic heterocycles. The zero-order valence-corrected chi connectivity index (χ0v) is 16.2. The Morgan fingerprint density at radius 1 is 1.19 bits per heavy atom. The summed E-state index contributed by atoms with van der Waals surface area (Å²) in [6.45, 7) is 2.08. The maximum Gasteiger partial charge on any atom is 0.246 e. The van der Waals surface area contributed by atoms with Gasteiger partial charge in [-0.3, -0.25) is 0 Å². The Hall–Kier alpha value is -2.25. The molecule has 2 aliphatic carbocycles. The van der Waals surface area contributed by atoms with Gasteiger partial charge in [-0.25, -0.2) is 14.6 Å². The Balaban J connectivity index is 1.38. The summed E-state index contributed by atoms with van der Waals surface area (Å²) in [6.07, 6.45) is 10.1. The van der Waals surface area contributed by atoms with Crippen molar-refractivity contribution in [3.05, 3.63) is 41.3 Å². The molecule has 0 spiro atoms. The molecule has 0 radical (unpaired) electrons. The van der Waals surface area contributed by atoms with E-state index in [0.717, 1.165) is 46.0 Å². The zero-order chi connectivity index (χ0) is 18.4. The first-order valence-electron chi connectivity index (χ1n) is 9.58. The average molecular weight is 382 g/mol. The zero-order valence-electron chi connectivity index (χ0n) is 15.4. The highest BCUT2D eigenvalue weighted by Crippen LogP contribution is 2.44. The van der Waals surface area contributed by atoms with Crippen LogP contribution >= 0.6 is 11.3 Å². The standard InChI is InChI=1S/C20H23N5OS/c1-13-8-14(17-11-21-18(27-17)20(26)6-3-7-20)10-15(9-13)23-19-22-12-25(24-19)16-4-2-5-16/h8-12,16,26H,2-7H2,1H3,(H,23,24). The number of hydrogen-bond donors (Lipinski definition) is 2. The molecule has 0 bridgehead atoms. The molecule has 6 nitrogen and oxygen atoms in total. The molecule has 2 fully saturated rings. The highest BCUT2D eigenvalue weighted by atomic mass is 32.1. The third-order valence-corrected chi connectivity index (χ3v) is 6.90. The molecule has 0 amide bonds. The van der Waals surface area contributed by atoms with Crippen molar-refractivity contribution in [3.8, 4) is 10.4 Å². The van der Waals surface area contributed by atoms with Crippen molar-refractivity contribution in [2.75, 3.05) is 5.32 Å². The Bertz CT molecular complexity index is 970. The fraction of sp³-hybridized carbons (Fsp3) is 0.450. The minimum Gasteiger partial charge on any atom is -0.383 e. The van der Waals surface area contributed by atoms with E-state index in [4.69, 9.17) is 0 Å². The van der Waals surface area contributed by atoms with Gasteiger partial charge in [0.05, 0.1) is 10.9 Å². The van der Waals surface area contributed by atoms with Gasteiger partial charge in [0, 0.05) is 11.9 Å². The molecule has 2 heterocycles. The van der Waals surface area contributed by atoms with Crippen LogP contribution in [-0.4, -0.2) is 24.9 Å². The van der Waals surface area contributed by atoms with Crippen molar-refractivity contribution in [2.24, 2.45) is 0 Å². The van der Waals surface area contributed by atoms with Gasteiger partial charge >= 0.3 is 0 Å². The summed E-state index contributed by atoms with van der Waals surface area (Å²) in [5.41, 5.74) is 2.52. The van der Waals surface area contributed by atoms with Gasteiger partial charge in [0.15, 0.2) is 0 Å². The van der Waals surface area contributed by atoms with Gasteiger partial charge in [0.25, 0.3) is 0 Å². The minimum atomic E-state index is -0.702. The second-order valence-corrected chi connectivity index (χ2v) is 8.79. The average Bonchev–Trinajstić information content (AvgIpc) is 3.20. The molecule has 2 N–H and O–H groups in total. The minimum absolute atomic E-state index is 0.508. The number of nitrogens with zero attached hydrogens (tertiary/aromatic N) is 4. The Labute approximate surface area is 162 Å². The number of nitrogens with one attached hydrogen (secondary N) is 1.